The van der Waals surface area contributed by atoms with Crippen LogP contribution in [0.4, 0.5) is 15.3 Å². The lowest BCUT2D eigenvalue weighted by Crippen LogP contribution is -2.53. The van der Waals surface area contributed by atoms with E-state index in [1.807, 2.05) is 44.2 Å². The average molecular weight is 546 g/mol. The highest BCUT2D eigenvalue weighted by molar-refractivity contribution is 5.68. The summed E-state index contributed by atoms with van der Waals surface area (Å²) in [6.07, 6.45) is -2.12. The van der Waals surface area contributed by atoms with Gasteiger partial charge in [-0.2, -0.15) is 0 Å². The number of nitrogens with zero attached hydrogens (tertiary/aromatic N) is 2. The molecule has 2 atom stereocenters. The zero-order valence-corrected chi connectivity index (χ0v) is 23.4. The molecule has 0 saturated heterocycles. The minimum Gasteiger partial charge on any atom is -0.444 e. The summed E-state index contributed by atoms with van der Waals surface area (Å²) in [5.74, 6) is 0.522. The number of ether oxygens (including phenoxy) is 3. The first-order valence-corrected chi connectivity index (χ1v) is 12.9. The molecule has 0 heterocycles. The third kappa shape index (κ3) is 12.0. The van der Waals surface area contributed by atoms with Crippen LogP contribution in [0.5, 0.6) is 5.75 Å². The Kier molecular flexibility index (Phi) is 12.0. The minimum atomic E-state index is -0.909. The van der Waals surface area contributed by atoms with Gasteiger partial charge in [0.2, 0.25) is 0 Å². The van der Waals surface area contributed by atoms with Crippen LogP contribution in [-0.4, -0.2) is 59.7 Å². The van der Waals surface area contributed by atoms with Crippen LogP contribution in [0, 0.1) is 16.0 Å². The van der Waals surface area contributed by atoms with Gasteiger partial charge in [0, 0.05) is 18.7 Å². The van der Waals surface area contributed by atoms with E-state index in [2.05, 4.69) is 5.32 Å². The molecule has 2 aromatic carbocycles. The second kappa shape index (κ2) is 14.9. The molecule has 1 amide bonds. The molecule has 214 valence electrons. The first kappa shape index (κ1) is 31.4. The Hall–Kier alpha value is -3.86. The van der Waals surface area contributed by atoms with Gasteiger partial charge in [-0.15, -0.1) is 5.06 Å². The molecule has 39 heavy (non-hydrogen) atoms. The fourth-order valence-electron chi connectivity index (χ4n) is 3.66. The number of nitro benzene ring substituents is 1. The number of hydrogen-bond donors (Lipinski definition) is 1. The molecule has 0 aliphatic rings. The van der Waals surface area contributed by atoms with Gasteiger partial charge in [-0.3, -0.25) is 10.1 Å². The van der Waals surface area contributed by atoms with Crippen LogP contribution in [0.2, 0.25) is 0 Å². The second-order valence-corrected chi connectivity index (χ2v) is 10.4. The zero-order valence-electron chi connectivity index (χ0n) is 23.4. The molecule has 0 saturated carbocycles. The van der Waals surface area contributed by atoms with Crippen molar-refractivity contribution in [2.75, 3.05) is 19.7 Å². The van der Waals surface area contributed by atoms with E-state index < -0.39 is 34.9 Å². The lowest BCUT2D eigenvalue weighted by molar-refractivity contribution is -0.384. The molecule has 11 heteroatoms. The Bertz CT molecular complexity index is 1050. The number of hydroxylamine groups is 2. The predicted molar refractivity (Wildman–Crippen MR) is 145 cm³/mol. The summed E-state index contributed by atoms with van der Waals surface area (Å²) in [5.41, 5.74) is 0.107. The molecular formula is C28H39N3O8. The lowest BCUT2D eigenvalue weighted by Gasteiger charge is -2.33. The highest BCUT2D eigenvalue weighted by Gasteiger charge is 2.32. The van der Waals surface area contributed by atoms with Gasteiger partial charge in [0.15, 0.2) is 0 Å². The Balaban J connectivity index is 2.38. The molecule has 0 unspecified atom stereocenters. The van der Waals surface area contributed by atoms with Crippen molar-refractivity contribution < 1.29 is 33.6 Å². The van der Waals surface area contributed by atoms with E-state index in [1.54, 1.807) is 32.8 Å². The fraction of sp³-hybridized carbons (Fsp3) is 0.500. The van der Waals surface area contributed by atoms with E-state index in [1.165, 1.54) is 24.3 Å². The van der Waals surface area contributed by atoms with Gasteiger partial charge in [0.05, 0.1) is 24.1 Å². The largest absolute Gasteiger partial charge is 0.508 e. The van der Waals surface area contributed by atoms with E-state index in [4.69, 9.17) is 19.0 Å². The summed E-state index contributed by atoms with van der Waals surface area (Å²) in [4.78, 5) is 41.9. The number of amides is 1. The maximum atomic E-state index is 12.8. The Morgan fingerprint density at radius 2 is 1.67 bits per heavy atom. The van der Waals surface area contributed by atoms with Gasteiger partial charge in [-0.05, 0) is 57.7 Å². The van der Waals surface area contributed by atoms with Crippen molar-refractivity contribution >= 4 is 17.9 Å². The lowest BCUT2D eigenvalue weighted by atomic mass is 10.0. The number of alkyl carbamates (subject to hydrolysis) is 1. The van der Waals surface area contributed by atoms with Crippen molar-refractivity contribution in [3.63, 3.8) is 0 Å². The summed E-state index contributed by atoms with van der Waals surface area (Å²) >= 11 is 0. The van der Waals surface area contributed by atoms with E-state index in [9.17, 15) is 19.7 Å². The third-order valence-corrected chi connectivity index (χ3v) is 5.19. The number of benzene rings is 2. The summed E-state index contributed by atoms with van der Waals surface area (Å²) in [6, 6.07) is 14.4. The van der Waals surface area contributed by atoms with Crippen LogP contribution in [0.1, 0.15) is 47.1 Å². The Morgan fingerprint density at radius 1 is 1.03 bits per heavy atom. The van der Waals surface area contributed by atoms with Crippen molar-refractivity contribution in [3.05, 3.63) is 70.3 Å². The van der Waals surface area contributed by atoms with Crippen LogP contribution >= 0.6 is 0 Å². The summed E-state index contributed by atoms with van der Waals surface area (Å²) in [7, 11) is 0. The molecule has 2 aromatic rings. The Morgan fingerprint density at radius 3 is 2.21 bits per heavy atom. The van der Waals surface area contributed by atoms with Crippen LogP contribution in [0.25, 0.3) is 0 Å². The average Bonchev–Trinajstić information content (AvgIpc) is 2.83. The standard InChI is InChI=1S/C28H39N3O8/c1-7-36-27(33)37-25(19-30(18-20(2)3)39-23-15-13-22(14-16-23)31(34)35)24(17-21-11-9-8-10-12-21)29-26(32)38-28(4,5)6/h8-16,20,24-25H,7,17-19H2,1-6H3,(H,29,32)/t24-,25+/m0/s1. The quantitative estimate of drug-likeness (QED) is 0.196. The zero-order chi connectivity index (χ0) is 29.0. The van der Waals surface area contributed by atoms with Gasteiger partial charge in [-0.25, -0.2) is 9.59 Å². The van der Waals surface area contributed by atoms with Crippen LogP contribution in [0.15, 0.2) is 54.6 Å². The smallest absolute Gasteiger partial charge is 0.444 e. The topological polar surface area (TPSA) is 129 Å². The van der Waals surface area contributed by atoms with Gasteiger partial charge >= 0.3 is 12.2 Å². The van der Waals surface area contributed by atoms with Crippen LogP contribution in [0.3, 0.4) is 0 Å². The first-order valence-electron chi connectivity index (χ1n) is 12.9. The molecule has 0 fully saturated rings. The normalized spacial score (nSPS) is 12.9. The number of non-ortho nitro benzene ring substituents is 1. The molecule has 0 bridgehead atoms. The highest BCUT2D eigenvalue weighted by atomic mass is 16.7. The van der Waals surface area contributed by atoms with Gasteiger partial charge < -0.3 is 24.4 Å². The van der Waals surface area contributed by atoms with Crippen LogP contribution in [-0.2, 0) is 20.6 Å². The fourth-order valence-corrected chi connectivity index (χ4v) is 3.66. The number of nitro groups is 1. The predicted octanol–water partition coefficient (Wildman–Crippen LogP) is 5.52. The van der Waals surface area contributed by atoms with Crippen molar-refractivity contribution in [3.8, 4) is 5.75 Å². The SMILES string of the molecule is CCOC(=O)O[C@H](CN(CC(C)C)Oc1ccc([N+](=O)[O-])cc1)[C@H](Cc1ccccc1)NC(=O)OC(C)(C)C. The Labute approximate surface area is 229 Å². The van der Waals surface area contributed by atoms with Crippen molar-refractivity contribution in [1.29, 1.82) is 0 Å². The molecule has 2 rings (SSSR count). The molecule has 0 aliphatic heterocycles. The number of carbonyl (C=O) groups excluding carboxylic acids is 2. The first-order chi connectivity index (χ1) is 18.4. The van der Waals surface area contributed by atoms with Crippen molar-refractivity contribution in [1.82, 2.24) is 10.4 Å². The van der Waals surface area contributed by atoms with E-state index in [0.717, 1.165) is 5.56 Å². The molecule has 0 aliphatic carbocycles. The van der Waals surface area contributed by atoms with E-state index in [-0.39, 0.29) is 24.8 Å². The van der Waals surface area contributed by atoms with Gasteiger partial charge in [0.1, 0.15) is 17.5 Å². The highest BCUT2D eigenvalue weighted by Crippen LogP contribution is 2.20. The second-order valence-electron chi connectivity index (χ2n) is 10.4. The van der Waals surface area contributed by atoms with Gasteiger partial charge in [0.25, 0.3) is 5.69 Å². The molecular weight excluding hydrogens is 506 g/mol. The maximum Gasteiger partial charge on any atom is 0.508 e. The molecule has 0 aromatic heterocycles. The third-order valence-electron chi connectivity index (χ3n) is 5.19. The molecule has 0 radical (unpaired) electrons. The van der Waals surface area contributed by atoms with Crippen molar-refractivity contribution in [2.45, 2.75) is 65.7 Å². The van der Waals surface area contributed by atoms with E-state index >= 15 is 0 Å². The monoisotopic (exact) mass is 545 g/mol. The van der Waals surface area contributed by atoms with Gasteiger partial charge in [-0.1, -0.05) is 44.2 Å². The minimum absolute atomic E-state index is 0.0568. The molecule has 1 N–H and O–H groups in total. The number of nitrogens with one attached hydrogen (secondary N) is 1. The van der Waals surface area contributed by atoms with E-state index in [0.29, 0.717) is 18.7 Å². The summed E-state index contributed by atoms with van der Waals surface area (Å²) in [6.45, 7) is 11.5. The molecule has 11 nitrogen and oxygen atoms in total. The molecule has 0 spiro atoms. The summed E-state index contributed by atoms with van der Waals surface area (Å²) < 4.78 is 16.2. The number of hydrogen-bond acceptors (Lipinski definition) is 9. The summed E-state index contributed by atoms with van der Waals surface area (Å²) in [5, 5.41) is 15.5. The maximum absolute atomic E-state index is 12.8. The number of carbonyl (C=O) groups is 2. The number of rotatable bonds is 13. The van der Waals surface area contributed by atoms with Crippen LogP contribution < -0.4 is 10.2 Å². The van der Waals surface area contributed by atoms with Crippen molar-refractivity contribution in [2.24, 2.45) is 5.92 Å².